The smallest absolute Gasteiger partial charge is 0.251 e. The SMILES string of the molecule is Cc1ccc(-c2cccc(C[C@@]3(C(N)=O)CN(C(=O)C(C)(C)C)CCO3)c2)cc1. The fourth-order valence-electron chi connectivity index (χ4n) is 3.71. The third-order valence-corrected chi connectivity index (χ3v) is 5.37. The molecule has 2 aromatic rings. The second-order valence-electron chi connectivity index (χ2n) is 8.93. The maximum Gasteiger partial charge on any atom is 0.251 e. The van der Waals surface area contributed by atoms with E-state index in [4.69, 9.17) is 10.5 Å². The van der Waals surface area contributed by atoms with Crippen molar-refractivity contribution in [3.8, 4) is 11.1 Å². The Morgan fingerprint density at radius 2 is 1.79 bits per heavy atom. The highest BCUT2D eigenvalue weighted by molar-refractivity contribution is 5.87. The number of ether oxygens (including phenoxy) is 1. The van der Waals surface area contributed by atoms with Gasteiger partial charge in [0.15, 0.2) is 5.60 Å². The third-order valence-electron chi connectivity index (χ3n) is 5.37. The molecule has 3 rings (SSSR count). The molecule has 0 spiro atoms. The normalized spacial score (nSPS) is 19.8. The van der Waals surface area contributed by atoms with Crippen molar-refractivity contribution in [1.29, 1.82) is 0 Å². The predicted molar refractivity (Wildman–Crippen MR) is 114 cm³/mol. The number of carbonyl (C=O) groups is 2. The van der Waals surface area contributed by atoms with Crippen LogP contribution in [-0.4, -0.2) is 42.0 Å². The van der Waals surface area contributed by atoms with E-state index in [9.17, 15) is 9.59 Å². The molecule has 0 aliphatic carbocycles. The summed E-state index contributed by atoms with van der Waals surface area (Å²) in [5.41, 5.74) is 8.38. The Hall–Kier alpha value is -2.66. The minimum Gasteiger partial charge on any atom is -0.367 e. The van der Waals surface area contributed by atoms with Crippen LogP contribution in [0, 0.1) is 12.3 Å². The largest absolute Gasteiger partial charge is 0.367 e. The lowest BCUT2D eigenvalue weighted by atomic mass is 9.88. The Kier molecular flexibility index (Phi) is 5.80. The van der Waals surface area contributed by atoms with Gasteiger partial charge in [-0.2, -0.15) is 0 Å². The summed E-state index contributed by atoms with van der Waals surface area (Å²) in [5.74, 6) is -0.538. The summed E-state index contributed by atoms with van der Waals surface area (Å²) < 4.78 is 5.92. The summed E-state index contributed by atoms with van der Waals surface area (Å²) in [6.45, 7) is 8.62. The Bertz CT molecular complexity index is 899. The number of hydrogen-bond donors (Lipinski definition) is 1. The van der Waals surface area contributed by atoms with Crippen LogP contribution in [-0.2, 0) is 20.7 Å². The maximum absolute atomic E-state index is 12.8. The fraction of sp³-hybridized carbons (Fsp3) is 0.417. The van der Waals surface area contributed by atoms with Crippen LogP contribution in [0.3, 0.4) is 0 Å². The molecule has 1 atom stereocenters. The molecule has 2 N–H and O–H groups in total. The second-order valence-corrected chi connectivity index (χ2v) is 8.93. The average molecular weight is 395 g/mol. The van der Waals surface area contributed by atoms with E-state index >= 15 is 0 Å². The lowest BCUT2D eigenvalue weighted by molar-refractivity contribution is -0.167. The quantitative estimate of drug-likeness (QED) is 0.864. The monoisotopic (exact) mass is 394 g/mol. The van der Waals surface area contributed by atoms with Crippen molar-refractivity contribution in [3.63, 3.8) is 0 Å². The number of rotatable bonds is 4. The molecule has 0 aromatic heterocycles. The summed E-state index contributed by atoms with van der Waals surface area (Å²) in [7, 11) is 0. The number of aryl methyl sites for hydroxylation is 1. The number of nitrogens with two attached hydrogens (primary N) is 1. The predicted octanol–water partition coefficient (Wildman–Crippen LogP) is 3.33. The van der Waals surface area contributed by atoms with Gasteiger partial charge >= 0.3 is 0 Å². The van der Waals surface area contributed by atoms with Gasteiger partial charge in [0.25, 0.3) is 5.91 Å². The number of nitrogens with zero attached hydrogens (tertiary/aromatic N) is 1. The molecule has 1 saturated heterocycles. The number of amides is 2. The Morgan fingerprint density at radius 3 is 2.41 bits per heavy atom. The summed E-state index contributed by atoms with van der Waals surface area (Å²) in [5, 5.41) is 0. The average Bonchev–Trinajstić information content (AvgIpc) is 2.67. The van der Waals surface area contributed by atoms with Crippen molar-refractivity contribution < 1.29 is 14.3 Å². The molecule has 1 heterocycles. The van der Waals surface area contributed by atoms with Crippen LogP contribution >= 0.6 is 0 Å². The van der Waals surface area contributed by atoms with Gasteiger partial charge in [-0.25, -0.2) is 0 Å². The molecule has 0 bridgehead atoms. The lowest BCUT2D eigenvalue weighted by Gasteiger charge is -2.42. The minimum absolute atomic E-state index is 0.000156. The highest BCUT2D eigenvalue weighted by atomic mass is 16.5. The van der Waals surface area contributed by atoms with Crippen LogP contribution in [0.15, 0.2) is 48.5 Å². The van der Waals surface area contributed by atoms with Gasteiger partial charge in [0.2, 0.25) is 5.91 Å². The first-order chi connectivity index (χ1) is 13.6. The first-order valence-corrected chi connectivity index (χ1v) is 10.00. The van der Waals surface area contributed by atoms with Crippen molar-refractivity contribution in [3.05, 3.63) is 59.7 Å². The van der Waals surface area contributed by atoms with Gasteiger partial charge in [-0.15, -0.1) is 0 Å². The van der Waals surface area contributed by atoms with Crippen LogP contribution in [0.25, 0.3) is 11.1 Å². The van der Waals surface area contributed by atoms with E-state index in [1.165, 1.54) is 5.56 Å². The highest BCUT2D eigenvalue weighted by Gasteiger charge is 2.45. The number of carbonyl (C=O) groups excluding carboxylic acids is 2. The standard InChI is InChI=1S/C24H30N2O3/c1-17-8-10-19(11-9-17)20-7-5-6-18(14-20)15-24(21(25)27)16-26(12-13-29-24)22(28)23(2,3)4/h5-11,14H,12-13,15-16H2,1-4H3,(H2,25,27)/t24-/m0/s1. The fourth-order valence-corrected chi connectivity index (χ4v) is 3.71. The van der Waals surface area contributed by atoms with E-state index in [-0.39, 0.29) is 12.5 Å². The summed E-state index contributed by atoms with van der Waals surface area (Å²) in [4.78, 5) is 26.9. The zero-order chi connectivity index (χ0) is 21.2. The number of morpholine rings is 1. The second kappa shape index (κ2) is 7.99. The van der Waals surface area contributed by atoms with Gasteiger partial charge in [-0.05, 0) is 23.6 Å². The first-order valence-electron chi connectivity index (χ1n) is 10.00. The van der Waals surface area contributed by atoms with E-state index in [2.05, 4.69) is 37.3 Å². The van der Waals surface area contributed by atoms with Crippen LogP contribution in [0.2, 0.25) is 0 Å². The van der Waals surface area contributed by atoms with Gasteiger partial charge in [-0.3, -0.25) is 9.59 Å². The van der Waals surface area contributed by atoms with Crippen LogP contribution in [0.5, 0.6) is 0 Å². The molecule has 2 amide bonds. The van der Waals surface area contributed by atoms with Gasteiger partial charge < -0.3 is 15.4 Å². The van der Waals surface area contributed by atoms with Crippen LogP contribution in [0.4, 0.5) is 0 Å². The molecule has 0 unspecified atom stereocenters. The molecule has 1 aliphatic heterocycles. The molecule has 1 fully saturated rings. The molecular weight excluding hydrogens is 364 g/mol. The van der Waals surface area contributed by atoms with E-state index in [1.807, 2.05) is 39.0 Å². The van der Waals surface area contributed by atoms with Crippen LogP contribution < -0.4 is 5.73 Å². The molecule has 5 nitrogen and oxygen atoms in total. The molecule has 2 aromatic carbocycles. The van der Waals surface area contributed by atoms with E-state index in [0.717, 1.165) is 16.7 Å². The Balaban J connectivity index is 1.87. The van der Waals surface area contributed by atoms with Crippen molar-refractivity contribution in [2.24, 2.45) is 11.1 Å². The molecular formula is C24H30N2O3. The summed E-state index contributed by atoms with van der Waals surface area (Å²) >= 11 is 0. The van der Waals surface area contributed by atoms with Gasteiger partial charge in [0.1, 0.15) is 0 Å². The summed E-state index contributed by atoms with van der Waals surface area (Å²) in [6, 6.07) is 16.4. The third kappa shape index (κ3) is 4.67. The van der Waals surface area contributed by atoms with Crippen molar-refractivity contribution in [1.82, 2.24) is 4.90 Å². The van der Waals surface area contributed by atoms with Crippen molar-refractivity contribution in [2.45, 2.75) is 39.7 Å². The topological polar surface area (TPSA) is 72.6 Å². The van der Waals surface area contributed by atoms with Gasteiger partial charge in [-0.1, -0.05) is 74.9 Å². The molecule has 0 radical (unpaired) electrons. The Morgan fingerprint density at radius 1 is 1.10 bits per heavy atom. The van der Waals surface area contributed by atoms with E-state index in [0.29, 0.717) is 19.6 Å². The van der Waals surface area contributed by atoms with Crippen LogP contribution in [0.1, 0.15) is 31.9 Å². The van der Waals surface area contributed by atoms with Crippen molar-refractivity contribution in [2.75, 3.05) is 19.7 Å². The first kappa shape index (κ1) is 21.1. The number of primary amides is 1. The molecule has 154 valence electrons. The summed E-state index contributed by atoms with van der Waals surface area (Å²) in [6.07, 6.45) is 0.329. The minimum atomic E-state index is -1.22. The molecule has 0 saturated carbocycles. The number of hydrogen-bond acceptors (Lipinski definition) is 3. The lowest BCUT2D eigenvalue weighted by Crippen LogP contribution is -2.62. The maximum atomic E-state index is 12.8. The number of benzene rings is 2. The molecule has 5 heteroatoms. The van der Waals surface area contributed by atoms with E-state index < -0.39 is 16.9 Å². The molecule has 1 aliphatic rings. The zero-order valence-corrected chi connectivity index (χ0v) is 17.7. The molecule has 29 heavy (non-hydrogen) atoms. The Labute approximate surface area is 172 Å². The van der Waals surface area contributed by atoms with Gasteiger partial charge in [0.05, 0.1) is 13.2 Å². The zero-order valence-electron chi connectivity index (χ0n) is 17.7. The highest BCUT2D eigenvalue weighted by Crippen LogP contribution is 2.29. The van der Waals surface area contributed by atoms with Crippen molar-refractivity contribution >= 4 is 11.8 Å². The van der Waals surface area contributed by atoms with Gasteiger partial charge in [0, 0.05) is 18.4 Å². The van der Waals surface area contributed by atoms with E-state index in [1.54, 1.807) is 4.90 Å².